The number of ketones is 1. The highest BCUT2D eigenvalue weighted by atomic mass is 16.2. The Hall–Kier alpha value is -0.900. The SMILES string of the molecule is CC(=O)CN1CCC(=O)N1. The average molecular weight is 142 g/mol. The highest BCUT2D eigenvalue weighted by Crippen LogP contribution is 1.96. The Morgan fingerprint density at radius 3 is 2.90 bits per heavy atom. The summed E-state index contributed by atoms with van der Waals surface area (Å²) >= 11 is 0. The number of nitrogens with zero attached hydrogens (tertiary/aromatic N) is 1. The summed E-state index contributed by atoms with van der Waals surface area (Å²) in [4.78, 5) is 21.1. The van der Waals surface area contributed by atoms with Crippen LogP contribution >= 0.6 is 0 Å². The highest BCUT2D eigenvalue weighted by Gasteiger charge is 2.18. The Kier molecular flexibility index (Phi) is 2.01. The molecule has 1 aliphatic heterocycles. The lowest BCUT2D eigenvalue weighted by atomic mass is 10.4. The number of carbonyl (C=O) groups excluding carboxylic acids is 2. The molecular weight excluding hydrogens is 132 g/mol. The van der Waals surface area contributed by atoms with Gasteiger partial charge in [-0.3, -0.25) is 15.0 Å². The van der Waals surface area contributed by atoms with Crippen LogP contribution < -0.4 is 5.43 Å². The number of amides is 1. The predicted octanol–water partition coefficient (Wildman–Crippen LogP) is -0.688. The number of Topliss-reactive ketones (excluding diaryl/α,β-unsaturated/α-hetero) is 1. The molecular formula is C6H10N2O2. The Morgan fingerprint density at radius 1 is 1.80 bits per heavy atom. The van der Waals surface area contributed by atoms with E-state index in [1.54, 1.807) is 5.01 Å². The van der Waals surface area contributed by atoms with Crippen molar-refractivity contribution in [3.05, 3.63) is 0 Å². The molecule has 1 heterocycles. The predicted molar refractivity (Wildman–Crippen MR) is 35.0 cm³/mol. The molecule has 1 saturated heterocycles. The van der Waals surface area contributed by atoms with Crippen LogP contribution in [0.15, 0.2) is 0 Å². The van der Waals surface area contributed by atoms with E-state index in [4.69, 9.17) is 0 Å². The maximum atomic E-state index is 10.6. The lowest BCUT2D eigenvalue weighted by Crippen LogP contribution is -2.36. The number of carbonyl (C=O) groups is 2. The van der Waals surface area contributed by atoms with Crippen LogP contribution in [-0.2, 0) is 9.59 Å². The van der Waals surface area contributed by atoms with Crippen molar-refractivity contribution in [3.63, 3.8) is 0 Å². The second-order valence-electron chi connectivity index (χ2n) is 2.41. The van der Waals surface area contributed by atoms with E-state index < -0.39 is 0 Å². The second kappa shape index (κ2) is 2.79. The van der Waals surface area contributed by atoms with Crippen molar-refractivity contribution >= 4 is 11.7 Å². The molecule has 10 heavy (non-hydrogen) atoms. The molecule has 0 bridgehead atoms. The first-order valence-electron chi connectivity index (χ1n) is 3.22. The van der Waals surface area contributed by atoms with Crippen molar-refractivity contribution in [3.8, 4) is 0 Å². The molecule has 56 valence electrons. The van der Waals surface area contributed by atoms with E-state index in [1.165, 1.54) is 6.92 Å². The molecule has 0 spiro atoms. The van der Waals surface area contributed by atoms with Gasteiger partial charge in [-0.05, 0) is 6.92 Å². The third-order valence-electron chi connectivity index (χ3n) is 1.31. The number of nitrogens with one attached hydrogen (secondary N) is 1. The summed E-state index contributed by atoms with van der Waals surface area (Å²) in [6.07, 6.45) is 0.507. The maximum absolute atomic E-state index is 10.6. The second-order valence-corrected chi connectivity index (χ2v) is 2.41. The molecule has 0 radical (unpaired) electrons. The Balaban J connectivity index is 2.31. The summed E-state index contributed by atoms with van der Waals surface area (Å²) in [6, 6.07) is 0. The number of hydrogen-bond donors (Lipinski definition) is 1. The molecule has 1 rings (SSSR count). The normalized spacial score (nSPS) is 19.1. The van der Waals surface area contributed by atoms with E-state index in [0.717, 1.165) is 0 Å². The van der Waals surface area contributed by atoms with Gasteiger partial charge in [-0.25, -0.2) is 5.01 Å². The summed E-state index contributed by atoms with van der Waals surface area (Å²) < 4.78 is 0. The van der Waals surface area contributed by atoms with Gasteiger partial charge in [0, 0.05) is 13.0 Å². The minimum atomic E-state index is 0.00116. The third-order valence-corrected chi connectivity index (χ3v) is 1.31. The molecule has 0 aromatic rings. The largest absolute Gasteiger partial charge is 0.298 e. The summed E-state index contributed by atoms with van der Waals surface area (Å²) in [5, 5.41) is 1.63. The van der Waals surface area contributed by atoms with E-state index in [9.17, 15) is 9.59 Å². The van der Waals surface area contributed by atoms with Gasteiger partial charge in [-0.1, -0.05) is 0 Å². The van der Waals surface area contributed by atoms with Gasteiger partial charge in [0.1, 0.15) is 5.78 Å². The van der Waals surface area contributed by atoms with Crippen LogP contribution in [0.5, 0.6) is 0 Å². The van der Waals surface area contributed by atoms with Gasteiger partial charge < -0.3 is 0 Å². The highest BCUT2D eigenvalue weighted by molar-refractivity contribution is 5.80. The number of hydrazine groups is 1. The maximum Gasteiger partial charge on any atom is 0.235 e. The van der Waals surface area contributed by atoms with Crippen LogP contribution in [0, 0.1) is 0 Å². The smallest absolute Gasteiger partial charge is 0.235 e. The van der Waals surface area contributed by atoms with Crippen LogP contribution in [0.25, 0.3) is 0 Å². The molecule has 0 aromatic heterocycles. The number of rotatable bonds is 2. The van der Waals surface area contributed by atoms with Crippen LogP contribution in [0.2, 0.25) is 0 Å². The standard InChI is InChI=1S/C6H10N2O2/c1-5(9)4-8-3-2-6(10)7-8/h2-4H2,1H3,(H,7,10). The van der Waals surface area contributed by atoms with E-state index in [0.29, 0.717) is 19.5 Å². The van der Waals surface area contributed by atoms with E-state index in [1.807, 2.05) is 0 Å². The lowest BCUT2D eigenvalue weighted by molar-refractivity contribution is -0.122. The van der Waals surface area contributed by atoms with Crippen molar-refractivity contribution in [2.24, 2.45) is 0 Å². The molecule has 1 aliphatic rings. The molecule has 0 unspecified atom stereocenters. The first-order chi connectivity index (χ1) is 4.68. The summed E-state index contributed by atoms with van der Waals surface area (Å²) in [5.74, 6) is 0.0726. The summed E-state index contributed by atoms with van der Waals surface area (Å²) in [7, 11) is 0. The third kappa shape index (κ3) is 1.80. The first-order valence-corrected chi connectivity index (χ1v) is 3.22. The van der Waals surface area contributed by atoms with Crippen molar-refractivity contribution in [2.75, 3.05) is 13.1 Å². The van der Waals surface area contributed by atoms with Gasteiger partial charge in [-0.15, -0.1) is 0 Å². The Morgan fingerprint density at radius 2 is 2.50 bits per heavy atom. The first kappa shape index (κ1) is 7.21. The molecule has 1 amide bonds. The zero-order chi connectivity index (χ0) is 7.56. The van der Waals surface area contributed by atoms with E-state index >= 15 is 0 Å². The Labute approximate surface area is 59.2 Å². The van der Waals surface area contributed by atoms with Crippen molar-refractivity contribution in [1.29, 1.82) is 0 Å². The molecule has 0 atom stereocenters. The molecule has 4 heteroatoms. The van der Waals surface area contributed by atoms with Gasteiger partial charge >= 0.3 is 0 Å². The molecule has 1 fully saturated rings. The van der Waals surface area contributed by atoms with Crippen molar-refractivity contribution < 1.29 is 9.59 Å². The van der Waals surface area contributed by atoms with Crippen LogP contribution in [0.4, 0.5) is 0 Å². The van der Waals surface area contributed by atoms with Gasteiger partial charge in [0.2, 0.25) is 5.91 Å². The lowest BCUT2D eigenvalue weighted by Gasteiger charge is -2.10. The van der Waals surface area contributed by atoms with Crippen LogP contribution in [-0.4, -0.2) is 29.8 Å². The zero-order valence-corrected chi connectivity index (χ0v) is 5.89. The van der Waals surface area contributed by atoms with E-state index in [-0.39, 0.29) is 11.7 Å². The fraction of sp³-hybridized carbons (Fsp3) is 0.667. The van der Waals surface area contributed by atoms with E-state index in [2.05, 4.69) is 5.43 Å². The minimum Gasteiger partial charge on any atom is -0.298 e. The molecule has 1 N–H and O–H groups in total. The zero-order valence-electron chi connectivity index (χ0n) is 5.89. The topological polar surface area (TPSA) is 49.4 Å². The summed E-state index contributed by atoms with van der Waals surface area (Å²) in [5.41, 5.74) is 2.56. The number of hydrogen-bond acceptors (Lipinski definition) is 3. The molecule has 4 nitrogen and oxygen atoms in total. The molecule has 0 saturated carbocycles. The monoisotopic (exact) mass is 142 g/mol. The van der Waals surface area contributed by atoms with Crippen LogP contribution in [0.3, 0.4) is 0 Å². The Bertz CT molecular complexity index is 167. The summed E-state index contributed by atoms with van der Waals surface area (Å²) in [6.45, 7) is 2.48. The van der Waals surface area contributed by atoms with Gasteiger partial charge in [0.25, 0.3) is 0 Å². The van der Waals surface area contributed by atoms with Crippen molar-refractivity contribution in [1.82, 2.24) is 10.4 Å². The van der Waals surface area contributed by atoms with Gasteiger partial charge in [0.15, 0.2) is 0 Å². The fourth-order valence-corrected chi connectivity index (χ4v) is 0.912. The molecule has 0 aromatic carbocycles. The quantitative estimate of drug-likeness (QED) is 0.555. The minimum absolute atomic E-state index is 0.00116. The van der Waals surface area contributed by atoms with Gasteiger partial charge in [-0.2, -0.15) is 0 Å². The fourth-order valence-electron chi connectivity index (χ4n) is 0.912. The van der Waals surface area contributed by atoms with Crippen molar-refractivity contribution in [2.45, 2.75) is 13.3 Å². The van der Waals surface area contributed by atoms with Crippen LogP contribution in [0.1, 0.15) is 13.3 Å². The van der Waals surface area contributed by atoms with Gasteiger partial charge in [0.05, 0.1) is 6.54 Å². The average Bonchev–Trinajstić information content (AvgIpc) is 2.13. The molecule has 0 aliphatic carbocycles.